The third-order valence-electron chi connectivity index (χ3n) is 5.92. The molecule has 0 aliphatic carbocycles. The molecule has 2 aromatic carbocycles. The summed E-state index contributed by atoms with van der Waals surface area (Å²) in [6, 6.07) is 8.90. The molecule has 0 saturated carbocycles. The van der Waals surface area contributed by atoms with Crippen LogP contribution in [0.25, 0.3) is 0 Å². The second-order valence-corrected chi connectivity index (χ2v) is 9.43. The lowest BCUT2D eigenvalue weighted by Gasteiger charge is -2.35. The Labute approximate surface area is 201 Å². The Bertz CT molecular complexity index is 1330. The highest BCUT2D eigenvalue weighted by atomic mass is 19.1. The van der Waals surface area contributed by atoms with Gasteiger partial charge in [-0.05, 0) is 38.1 Å². The van der Waals surface area contributed by atoms with Gasteiger partial charge < -0.3 is 24.8 Å². The van der Waals surface area contributed by atoms with Crippen LogP contribution in [-0.4, -0.2) is 56.4 Å². The van der Waals surface area contributed by atoms with Crippen molar-refractivity contribution in [2.45, 2.75) is 32.0 Å². The molecule has 1 saturated heterocycles. The van der Waals surface area contributed by atoms with Crippen molar-refractivity contribution in [2.24, 2.45) is 7.05 Å². The Balaban J connectivity index is 1.42. The topological polar surface area (TPSA) is 106 Å². The van der Waals surface area contributed by atoms with E-state index in [1.165, 1.54) is 17.0 Å². The fourth-order valence-corrected chi connectivity index (χ4v) is 4.19. The molecule has 2 amide bonds. The van der Waals surface area contributed by atoms with Crippen molar-refractivity contribution in [1.82, 2.24) is 14.7 Å². The van der Waals surface area contributed by atoms with Gasteiger partial charge in [0.25, 0.3) is 11.8 Å². The lowest BCUT2D eigenvalue weighted by atomic mass is 9.99. The molecule has 2 aliphatic rings. The summed E-state index contributed by atoms with van der Waals surface area (Å²) in [4.78, 5) is 26.7. The first-order valence-corrected chi connectivity index (χ1v) is 11.2. The Morgan fingerprint density at radius 3 is 2.66 bits per heavy atom. The predicted octanol–water partition coefficient (Wildman–Crippen LogP) is 3.13. The number of carbonyl (C=O) groups excluding carboxylic acids is 2. The number of aromatic nitrogens is 2. The maximum Gasteiger partial charge on any atom is 0.257 e. The maximum atomic E-state index is 14.8. The molecule has 1 aromatic heterocycles. The Morgan fingerprint density at radius 1 is 1.23 bits per heavy atom. The number of aliphatic hydroxyl groups is 1. The van der Waals surface area contributed by atoms with Gasteiger partial charge >= 0.3 is 0 Å². The average molecular weight is 480 g/mol. The summed E-state index contributed by atoms with van der Waals surface area (Å²) in [6.45, 7) is 4.23. The fourth-order valence-electron chi connectivity index (χ4n) is 4.19. The summed E-state index contributed by atoms with van der Waals surface area (Å²) < 4.78 is 28.4. The number of ether oxygens (including phenoxy) is 2. The van der Waals surface area contributed by atoms with Crippen LogP contribution in [-0.2, 0) is 13.5 Å². The number of rotatable bonds is 5. The van der Waals surface area contributed by atoms with E-state index in [0.29, 0.717) is 29.3 Å². The van der Waals surface area contributed by atoms with Crippen molar-refractivity contribution in [3.8, 4) is 17.2 Å². The van der Waals surface area contributed by atoms with E-state index >= 15 is 0 Å². The lowest BCUT2D eigenvalue weighted by molar-refractivity contribution is 0.00558. The average Bonchev–Trinajstić information content (AvgIpc) is 3.31. The smallest absolute Gasteiger partial charge is 0.257 e. The molecule has 0 unspecified atom stereocenters. The highest BCUT2D eigenvalue weighted by molar-refractivity contribution is 6.04. The molecule has 10 heteroatoms. The lowest BCUT2D eigenvalue weighted by Crippen LogP contribution is -2.53. The SMILES string of the molecule is Cn1ccc(NC(=O)c2cc(Oc3ccc(C(=O)N4CC(O)C4)c(F)c3)c3c(c2)OC(C)(C)C3)n1. The van der Waals surface area contributed by atoms with Gasteiger partial charge in [0.1, 0.15) is 28.7 Å². The number of nitrogens with zero attached hydrogens (tertiary/aromatic N) is 3. The number of aliphatic hydroxyl groups excluding tert-OH is 1. The summed E-state index contributed by atoms with van der Waals surface area (Å²) in [6.07, 6.45) is 1.68. The van der Waals surface area contributed by atoms with Crippen LogP contribution in [0.15, 0.2) is 42.6 Å². The molecule has 0 bridgehead atoms. The molecule has 3 heterocycles. The zero-order valence-electron chi connectivity index (χ0n) is 19.5. The van der Waals surface area contributed by atoms with Gasteiger partial charge in [-0.1, -0.05) is 0 Å². The molecule has 0 spiro atoms. The summed E-state index contributed by atoms with van der Waals surface area (Å²) in [7, 11) is 1.75. The van der Waals surface area contributed by atoms with Crippen molar-refractivity contribution < 1.29 is 28.6 Å². The number of carbonyl (C=O) groups is 2. The Hall–Kier alpha value is -3.92. The number of anilines is 1. The zero-order valence-corrected chi connectivity index (χ0v) is 19.5. The molecule has 35 heavy (non-hydrogen) atoms. The highest BCUT2D eigenvalue weighted by Gasteiger charge is 2.34. The number of amides is 2. The van der Waals surface area contributed by atoms with E-state index in [2.05, 4.69) is 10.4 Å². The van der Waals surface area contributed by atoms with E-state index in [9.17, 15) is 19.1 Å². The summed E-state index contributed by atoms with van der Waals surface area (Å²) in [5.74, 6) is -0.148. The molecule has 182 valence electrons. The third-order valence-corrected chi connectivity index (χ3v) is 5.92. The van der Waals surface area contributed by atoms with E-state index in [1.807, 2.05) is 13.8 Å². The monoisotopic (exact) mass is 480 g/mol. The quantitative estimate of drug-likeness (QED) is 0.581. The maximum absolute atomic E-state index is 14.8. The van der Waals surface area contributed by atoms with Crippen LogP contribution in [0.4, 0.5) is 10.2 Å². The number of hydrogen-bond acceptors (Lipinski definition) is 6. The van der Waals surface area contributed by atoms with Crippen molar-refractivity contribution in [2.75, 3.05) is 18.4 Å². The van der Waals surface area contributed by atoms with Crippen LogP contribution in [0.1, 0.15) is 40.1 Å². The standard InChI is InChI=1S/C25H25FN4O5/c1-25(2)11-18-20(8-14(9-21(18)35-25)23(32)27-22-6-7-29(3)28-22)34-16-4-5-17(19(26)10-16)24(33)30-12-15(31)13-30/h4-10,15,31H,11-13H2,1-3H3,(H,27,28,32). The molecule has 0 radical (unpaired) electrons. The molecule has 9 nitrogen and oxygen atoms in total. The van der Waals surface area contributed by atoms with E-state index in [4.69, 9.17) is 9.47 Å². The largest absolute Gasteiger partial charge is 0.487 e. The van der Waals surface area contributed by atoms with Crippen molar-refractivity contribution in [3.63, 3.8) is 0 Å². The van der Waals surface area contributed by atoms with Crippen LogP contribution in [0.3, 0.4) is 0 Å². The van der Waals surface area contributed by atoms with Gasteiger partial charge in [0.05, 0.1) is 11.7 Å². The Morgan fingerprint density at radius 2 is 2.00 bits per heavy atom. The van der Waals surface area contributed by atoms with Gasteiger partial charge in [-0.2, -0.15) is 5.10 Å². The summed E-state index contributed by atoms with van der Waals surface area (Å²) >= 11 is 0. The van der Waals surface area contributed by atoms with Crippen LogP contribution in [0.5, 0.6) is 17.2 Å². The second kappa shape index (κ2) is 8.38. The van der Waals surface area contributed by atoms with Crippen molar-refractivity contribution in [3.05, 3.63) is 65.1 Å². The van der Waals surface area contributed by atoms with Crippen molar-refractivity contribution in [1.29, 1.82) is 0 Å². The van der Waals surface area contributed by atoms with Gasteiger partial charge in [-0.3, -0.25) is 14.3 Å². The summed E-state index contributed by atoms with van der Waals surface area (Å²) in [5, 5.41) is 16.3. The molecule has 0 atom stereocenters. The normalized spacial score (nSPS) is 16.3. The van der Waals surface area contributed by atoms with Gasteiger partial charge in [0, 0.05) is 56.0 Å². The molecule has 5 rings (SSSR count). The third kappa shape index (κ3) is 4.57. The number of hydrogen-bond donors (Lipinski definition) is 2. The number of β-amino-alcohol motifs (C(OH)–C–C–N with tert-alkyl or cyclic N) is 1. The van der Waals surface area contributed by atoms with E-state index in [1.54, 1.807) is 36.1 Å². The van der Waals surface area contributed by atoms with Gasteiger partial charge in [-0.25, -0.2) is 4.39 Å². The molecule has 1 fully saturated rings. The highest BCUT2D eigenvalue weighted by Crippen LogP contribution is 2.43. The van der Waals surface area contributed by atoms with Gasteiger partial charge in [-0.15, -0.1) is 0 Å². The molecule has 2 N–H and O–H groups in total. The van der Waals surface area contributed by atoms with Crippen LogP contribution in [0, 0.1) is 5.82 Å². The van der Waals surface area contributed by atoms with Crippen LogP contribution < -0.4 is 14.8 Å². The Kier molecular flexibility index (Phi) is 5.47. The van der Waals surface area contributed by atoms with Crippen LogP contribution >= 0.6 is 0 Å². The van der Waals surface area contributed by atoms with E-state index in [0.717, 1.165) is 11.6 Å². The molecular weight excluding hydrogens is 455 g/mol. The van der Waals surface area contributed by atoms with Gasteiger partial charge in [0.2, 0.25) is 0 Å². The van der Waals surface area contributed by atoms with Crippen LogP contribution in [0.2, 0.25) is 0 Å². The first-order chi connectivity index (χ1) is 16.6. The molecule has 2 aliphatic heterocycles. The number of nitrogens with one attached hydrogen (secondary N) is 1. The fraction of sp³-hybridized carbons (Fsp3) is 0.320. The number of fused-ring (bicyclic) bond motifs is 1. The van der Waals surface area contributed by atoms with Gasteiger partial charge in [0.15, 0.2) is 5.82 Å². The first kappa shape index (κ1) is 22.9. The first-order valence-electron chi connectivity index (χ1n) is 11.2. The minimum Gasteiger partial charge on any atom is -0.487 e. The molecule has 3 aromatic rings. The second-order valence-electron chi connectivity index (χ2n) is 9.43. The number of benzene rings is 2. The minimum absolute atomic E-state index is 0.0950. The van der Waals surface area contributed by atoms with E-state index in [-0.39, 0.29) is 24.4 Å². The minimum atomic E-state index is -0.730. The zero-order chi connectivity index (χ0) is 24.9. The number of halogens is 1. The predicted molar refractivity (Wildman–Crippen MR) is 124 cm³/mol. The van der Waals surface area contributed by atoms with Crippen molar-refractivity contribution >= 4 is 17.6 Å². The summed E-state index contributed by atoms with van der Waals surface area (Å²) in [5.41, 5.74) is 0.465. The molecular formula is C25H25FN4O5. The van der Waals surface area contributed by atoms with E-state index < -0.39 is 29.3 Å². The number of aryl methyl sites for hydroxylation is 1. The number of likely N-dealkylation sites (tertiary alicyclic amines) is 1.